The Kier molecular flexibility index (Phi) is 5.06. The van der Waals surface area contributed by atoms with Crippen LogP contribution in [0.15, 0.2) is 73.2 Å². The van der Waals surface area contributed by atoms with Gasteiger partial charge in [-0.25, -0.2) is 0 Å². The predicted molar refractivity (Wildman–Crippen MR) is 131 cm³/mol. The fraction of sp³-hybridized carbons (Fsp3) is 0.148. The van der Waals surface area contributed by atoms with Crippen LogP contribution in [0.1, 0.15) is 11.1 Å². The van der Waals surface area contributed by atoms with Crippen LogP contribution >= 0.6 is 0 Å². The molecule has 0 spiro atoms. The van der Waals surface area contributed by atoms with Gasteiger partial charge in [0.25, 0.3) is 0 Å². The summed E-state index contributed by atoms with van der Waals surface area (Å²) in [6, 6.07) is 18.7. The number of imidazole rings is 1. The number of nitrogens with zero attached hydrogens (tertiary/aromatic N) is 5. The average molecular weight is 447 g/mol. The highest BCUT2D eigenvalue weighted by Gasteiger charge is 2.18. The van der Waals surface area contributed by atoms with Crippen LogP contribution in [0.25, 0.3) is 27.6 Å². The Bertz CT molecular complexity index is 1540. The molecule has 0 aliphatic carbocycles. The van der Waals surface area contributed by atoms with Gasteiger partial charge in [-0.1, -0.05) is 11.8 Å². The third-order valence-corrected chi connectivity index (χ3v) is 5.87. The molecule has 7 heteroatoms. The summed E-state index contributed by atoms with van der Waals surface area (Å²) in [5.74, 6) is 6.41. The first kappa shape index (κ1) is 20.2. The van der Waals surface area contributed by atoms with Gasteiger partial charge in [-0.2, -0.15) is 4.98 Å². The lowest BCUT2D eigenvalue weighted by atomic mass is 10.1. The van der Waals surface area contributed by atoms with Gasteiger partial charge in [0.1, 0.15) is 12.2 Å². The third kappa shape index (κ3) is 3.60. The number of anilines is 1. The van der Waals surface area contributed by atoms with Gasteiger partial charge in [0.2, 0.25) is 0 Å². The van der Waals surface area contributed by atoms with E-state index in [1.807, 2.05) is 28.8 Å². The van der Waals surface area contributed by atoms with Crippen molar-refractivity contribution < 1.29 is 9.47 Å². The first-order valence-electron chi connectivity index (χ1n) is 11.0. The van der Waals surface area contributed by atoms with E-state index in [-0.39, 0.29) is 0 Å². The standard InChI is InChI=1S/C27H21N5O2/c1-33-27-30-25-17-29-24-11-6-19(4-5-20-3-2-12-28-16-20)15-23(24)26(25)32(27)22-9-7-21(8-10-22)31-13-14-34-18-31/h2-3,6-12,15-17H,13-14,18H2,1H3. The molecule has 0 N–H and O–H groups in total. The van der Waals surface area contributed by atoms with E-state index < -0.39 is 0 Å². The molecule has 0 bridgehead atoms. The number of hydrogen-bond acceptors (Lipinski definition) is 6. The van der Waals surface area contributed by atoms with E-state index in [1.54, 1.807) is 25.7 Å². The molecule has 0 radical (unpaired) electrons. The number of benzene rings is 2. The van der Waals surface area contributed by atoms with E-state index in [2.05, 4.69) is 62.0 Å². The highest BCUT2D eigenvalue weighted by molar-refractivity contribution is 6.04. The first-order chi connectivity index (χ1) is 16.8. The minimum Gasteiger partial charge on any atom is -0.468 e. The molecule has 5 aromatic rings. The van der Waals surface area contributed by atoms with E-state index in [9.17, 15) is 0 Å². The molecule has 0 saturated carbocycles. The molecule has 1 fully saturated rings. The molecule has 6 rings (SSSR count). The van der Waals surface area contributed by atoms with Crippen molar-refractivity contribution in [1.29, 1.82) is 0 Å². The first-order valence-corrected chi connectivity index (χ1v) is 11.0. The molecule has 1 saturated heterocycles. The number of rotatable bonds is 3. The number of ether oxygens (including phenoxy) is 2. The molecule has 3 aromatic heterocycles. The van der Waals surface area contributed by atoms with E-state index in [0.29, 0.717) is 12.7 Å². The summed E-state index contributed by atoms with van der Waals surface area (Å²) in [5, 5.41) is 0.961. The molecule has 2 aromatic carbocycles. The number of fused-ring (bicyclic) bond motifs is 3. The van der Waals surface area contributed by atoms with Crippen molar-refractivity contribution in [1.82, 2.24) is 19.5 Å². The van der Waals surface area contributed by atoms with Crippen LogP contribution < -0.4 is 9.64 Å². The molecule has 4 heterocycles. The number of methoxy groups -OCH3 is 1. The second kappa shape index (κ2) is 8.50. The van der Waals surface area contributed by atoms with E-state index in [4.69, 9.17) is 9.47 Å². The van der Waals surface area contributed by atoms with Crippen molar-refractivity contribution in [2.45, 2.75) is 0 Å². The van der Waals surface area contributed by atoms with Gasteiger partial charge >= 0.3 is 6.01 Å². The van der Waals surface area contributed by atoms with E-state index >= 15 is 0 Å². The summed E-state index contributed by atoms with van der Waals surface area (Å²) >= 11 is 0. The molecule has 0 atom stereocenters. The van der Waals surface area contributed by atoms with Gasteiger partial charge in [0, 0.05) is 41.1 Å². The highest BCUT2D eigenvalue weighted by Crippen LogP contribution is 2.32. The summed E-state index contributed by atoms with van der Waals surface area (Å²) in [6.45, 7) is 2.28. The van der Waals surface area contributed by atoms with E-state index in [0.717, 1.165) is 57.6 Å². The summed E-state index contributed by atoms with van der Waals surface area (Å²) < 4.78 is 13.2. The molecule has 0 amide bonds. The lowest BCUT2D eigenvalue weighted by molar-refractivity contribution is 0.201. The fourth-order valence-electron chi connectivity index (χ4n) is 4.20. The largest absolute Gasteiger partial charge is 0.468 e. The second-order valence-electron chi connectivity index (χ2n) is 7.97. The molecule has 1 aliphatic heterocycles. The Morgan fingerprint density at radius 2 is 1.79 bits per heavy atom. The van der Waals surface area contributed by atoms with Gasteiger partial charge in [0.15, 0.2) is 0 Å². The zero-order valence-corrected chi connectivity index (χ0v) is 18.6. The number of pyridine rings is 2. The van der Waals surface area contributed by atoms with Crippen LogP contribution in [0.2, 0.25) is 0 Å². The Hall–Kier alpha value is -4.41. The van der Waals surface area contributed by atoms with Crippen LogP contribution in [0.5, 0.6) is 6.01 Å². The normalized spacial score (nSPS) is 13.3. The van der Waals surface area contributed by atoms with Gasteiger partial charge in [0.05, 0.1) is 36.6 Å². The van der Waals surface area contributed by atoms with Crippen LogP contribution in [-0.4, -0.2) is 46.5 Å². The Morgan fingerprint density at radius 3 is 2.56 bits per heavy atom. The van der Waals surface area contributed by atoms with Gasteiger partial charge in [-0.3, -0.25) is 14.5 Å². The van der Waals surface area contributed by atoms with Crippen LogP contribution in [0, 0.1) is 11.8 Å². The fourth-order valence-corrected chi connectivity index (χ4v) is 4.20. The maximum atomic E-state index is 5.66. The Labute approximate surface area is 196 Å². The maximum Gasteiger partial charge on any atom is 0.301 e. The van der Waals surface area contributed by atoms with Gasteiger partial charge in [-0.15, -0.1) is 0 Å². The van der Waals surface area contributed by atoms with Crippen molar-refractivity contribution in [2.75, 3.05) is 31.9 Å². The van der Waals surface area contributed by atoms with Crippen molar-refractivity contribution in [2.24, 2.45) is 0 Å². The third-order valence-electron chi connectivity index (χ3n) is 5.87. The zero-order valence-electron chi connectivity index (χ0n) is 18.6. The highest BCUT2D eigenvalue weighted by atomic mass is 16.5. The molecule has 1 aliphatic rings. The van der Waals surface area contributed by atoms with Gasteiger partial charge < -0.3 is 14.4 Å². The summed E-state index contributed by atoms with van der Waals surface area (Å²) in [5.41, 5.74) is 6.42. The minimum atomic E-state index is 0.508. The van der Waals surface area contributed by atoms with Crippen molar-refractivity contribution in [3.05, 3.63) is 84.3 Å². The number of aromatic nitrogens is 4. The molecule has 0 unspecified atom stereocenters. The average Bonchev–Trinajstić information content (AvgIpc) is 3.56. The molecule has 7 nitrogen and oxygen atoms in total. The van der Waals surface area contributed by atoms with E-state index in [1.165, 1.54) is 0 Å². The molecule has 34 heavy (non-hydrogen) atoms. The molecular formula is C27H21N5O2. The van der Waals surface area contributed by atoms with Crippen molar-refractivity contribution in [3.8, 4) is 23.5 Å². The van der Waals surface area contributed by atoms with Crippen LogP contribution in [-0.2, 0) is 4.74 Å². The summed E-state index contributed by atoms with van der Waals surface area (Å²) in [6.07, 6.45) is 5.28. The smallest absolute Gasteiger partial charge is 0.301 e. The second-order valence-corrected chi connectivity index (χ2v) is 7.97. The molecule has 166 valence electrons. The Morgan fingerprint density at radius 1 is 0.941 bits per heavy atom. The summed E-state index contributed by atoms with van der Waals surface area (Å²) in [4.78, 5) is 15.6. The molecular weight excluding hydrogens is 426 g/mol. The lowest BCUT2D eigenvalue weighted by Crippen LogP contribution is -2.18. The predicted octanol–water partition coefficient (Wildman–Crippen LogP) is 4.17. The maximum absolute atomic E-state index is 5.66. The SMILES string of the molecule is COc1nc2cnc3ccc(C#Cc4cccnc4)cc3c2n1-c1ccc(N2CCOC2)cc1. The lowest BCUT2D eigenvalue weighted by Gasteiger charge is -2.16. The van der Waals surface area contributed by atoms with Crippen molar-refractivity contribution in [3.63, 3.8) is 0 Å². The summed E-state index contributed by atoms with van der Waals surface area (Å²) in [7, 11) is 1.63. The monoisotopic (exact) mass is 447 g/mol. The van der Waals surface area contributed by atoms with Crippen molar-refractivity contribution >= 4 is 27.6 Å². The van der Waals surface area contributed by atoms with Gasteiger partial charge in [-0.05, 0) is 54.6 Å². The van der Waals surface area contributed by atoms with Crippen LogP contribution in [0.4, 0.5) is 5.69 Å². The Balaban J connectivity index is 1.49. The quantitative estimate of drug-likeness (QED) is 0.387. The van der Waals surface area contributed by atoms with Crippen LogP contribution in [0.3, 0.4) is 0 Å². The zero-order chi connectivity index (χ0) is 22.9. The number of hydrogen-bond donors (Lipinski definition) is 0. The minimum absolute atomic E-state index is 0.508. The topological polar surface area (TPSA) is 65.3 Å².